The summed E-state index contributed by atoms with van der Waals surface area (Å²) in [6, 6.07) is 0. The third-order valence-corrected chi connectivity index (χ3v) is 5.31. The molecule has 0 atom stereocenters. The Morgan fingerprint density at radius 3 is 1.62 bits per heavy atom. The maximum Gasteiger partial charge on any atom is -0.00434 e. The monoisotopic (exact) mass is 179 g/mol. The van der Waals surface area contributed by atoms with Crippen LogP contribution in [0.3, 0.4) is 0 Å². The van der Waals surface area contributed by atoms with E-state index in [4.69, 9.17) is 0 Å². The SMILES string of the molecule is C1CC2(C1)CCCC21CCNCC1. The van der Waals surface area contributed by atoms with Crippen LogP contribution in [0.2, 0.25) is 0 Å². The Labute approximate surface area is 81.3 Å². The van der Waals surface area contributed by atoms with E-state index in [2.05, 4.69) is 5.32 Å². The summed E-state index contributed by atoms with van der Waals surface area (Å²) in [5, 5.41) is 3.52. The van der Waals surface area contributed by atoms with Gasteiger partial charge in [-0.25, -0.2) is 0 Å². The van der Waals surface area contributed by atoms with E-state index >= 15 is 0 Å². The van der Waals surface area contributed by atoms with Gasteiger partial charge in [0.1, 0.15) is 0 Å². The van der Waals surface area contributed by atoms with Crippen molar-refractivity contribution >= 4 is 0 Å². The molecule has 1 heteroatoms. The van der Waals surface area contributed by atoms with Crippen LogP contribution in [0.15, 0.2) is 0 Å². The first-order chi connectivity index (χ1) is 6.37. The Kier molecular flexibility index (Phi) is 1.74. The lowest BCUT2D eigenvalue weighted by Crippen LogP contribution is -2.48. The molecule has 74 valence electrons. The first-order valence-corrected chi connectivity index (χ1v) is 6.08. The zero-order valence-electron chi connectivity index (χ0n) is 8.57. The summed E-state index contributed by atoms with van der Waals surface area (Å²) in [6.07, 6.45) is 12.2. The number of hydrogen-bond donors (Lipinski definition) is 1. The summed E-state index contributed by atoms with van der Waals surface area (Å²) in [5.74, 6) is 0. The predicted molar refractivity (Wildman–Crippen MR) is 54.7 cm³/mol. The van der Waals surface area contributed by atoms with Crippen LogP contribution in [0.1, 0.15) is 51.4 Å². The van der Waals surface area contributed by atoms with Crippen LogP contribution in [0.5, 0.6) is 0 Å². The highest BCUT2D eigenvalue weighted by atomic mass is 14.9. The summed E-state index contributed by atoms with van der Waals surface area (Å²) >= 11 is 0. The smallest absolute Gasteiger partial charge is 0.00434 e. The predicted octanol–water partition coefficient (Wildman–Crippen LogP) is 2.71. The Morgan fingerprint density at radius 2 is 1.08 bits per heavy atom. The van der Waals surface area contributed by atoms with Gasteiger partial charge in [0.25, 0.3) is 0 Å². The van der Waals surface area contributed by atoms with Gasteiger partial charge >= 0.3 is 0 Å². The molecule has 1 N–H and O–H groups in total. The van der Waals surface area contributed by atoms with E-state index in [9.17, 15) is 0 Å². The molecular weight excluding hydrogens is 158 g/mol. The standard InChI is InChI=1S/C12H21N/c1-3-11(4-1)5-2-6-12(11)7-9-13-10-8-12/h13H,1-10H2. The Hall–Kier alpha value is -0.0400. The second kappa shape index (κ2) is 2.73. The van der Waals surface area contributed by atoms with Crippen LogP contribution in [0.4, 0.5) is 0 Å². The summed E-state index contributed by atoms with van der Waals surface area (Å²) in [6.45, 7) is 2.59. The summed E-state index contributed by atoms with van der Waals surface area (Å²) in [4.78, 5) is 0. The highest BCUT2D eigenvalue weighted by molar-refractivity contribution is 5.08. The fourth-order valence-corrected chi connectivity index (χ4v) is 4.37. The van der Waals surface area contributed by atoms with Gasteiger partial charge in [0.05, 0.1) is 0 Å². The quantitative estimate of drug-likeness (QED) is 0.603. The lowest BCUT2D eigenvalue weighted by Gasteiger charge is -2.54. The summed E-state index contributed by atoms with van der Waals surface area (Å²) in [5.41, 5.74) is 1.64. The molecule has 2 spiro atoms. The fraction of sp³-hybridized carbons (Fsp3) is 1.00. The number of nitrogens with one attached hydrogen (secondary N) is 1. The van der Waals surface area contributed by atoms with Gasteiger partial charge in [0, 0.05) is 0 Å². The van der Waals surface area contributed by atoms with E-state index in [0.717, 1.165) is 10.8 Å². The summed E-state index contributed by atoms with van der Waals surface area (Å²) in [7, 11) is 0. The van der Waals surface area contributed by atoms with E-state index in [-0.39, 0.29) is 0 Å². The molecule has 2 saturated carbocycles. The lowest BCUT2D eigenvalue weighted by atomic mass is 9.52. The molecule has 3 rings (SSSR count). The average molecular weight is 179 g/mol. The Morgan fingerprint density at radius 1 is 0.615 bits per heavy atom. The molecule has 0 radical (unpaired) electrons. The molecule has 3 fully saturated rings. The molecule has 13 heavy (non-hydrogen) atoms. The van der Waals surface area contributed by atoms with E-state index < -0.39 is 0 Å². The van der Waals surface area contributed by atoms with Crippen LogP contribution in [0, 0.1) is 10.8 Å². The molecular formula is C12H21N. The van der Waals surface area contributed by atoms with Crippen LogP contribution in [-0.4, -0.2) is 13.1 Å². The van der Waals surface area contributed by atoms with E-state index in [0.29, 0.717) is 0 Å². The largest absolute Gasteiger partial charge is 0.317 e. The van der Waals surface area contributed by atoms with Crippen LogP contribution in [0.25, 0.3) is 0 Å². The van der Waals surface area contributed by atoms with Crippen LogP contribution >= 0.6 is 0 Å². The molecule has 0 unspecified atom stereocenters. The average Bonchev–Trinajstić information content (AvgIpc) is 2.45. The third kappa shape index (κ3) is 0.971. The van der Waals surface area contributed by atoms with E-state index in [1.165, 1.54) is 38.8 Å². The zero-order valence-corrected chi connectivity index (χ0v) is 8.57. The minimum atomic E-state index is 0.802. The first-order valence-electron chi connectivity index (χ1n) is 6.08. The molecule has 2 aliphatic carbocycles. The number of fused-ring (bicyclic) bond motifs is 1. The molecule has 0 amide bonds. The number of rotatable bonds is 0. The Bertz CT molecular complexity index is 199. The van der Waals surface area contributed by atoms with Crippen molar-refractivity contribution in [2.75, 3.05) is 13.1 Å². The van der Waals surface area contributed by atoms with Crippen molar-refractivity contribution in [2.45, 2.75) is 51.4 Å². The van der Waals surface area contributed by atoms with E-state index in [1.54, 1.807) is 25.7 Å². The van der Waals surface area contributed by atoms with E-state index in [1.807, 2.05) is 0 Å². The minimum Gasteiger partial charge on any atom is -0.317 e. The molecule has 0 aromatic heterocycles. The molecule has 0 aromatic rings. The molecule has 0 bridgehead atoms. The number of hydrogen-bond acceptors (Lipinski definition) is 1. The highest BCUT2D eigenvalue weighted by Gasteiger charge is 2.56. The van der Waals surface area contributed by atoms with Gasteiger partial charge in [-0.3, -0.25) is 0 Å². The third-order valence-electron chi connectivity index (χ3n) is 5.31. The van der Waals surface area contributed by atoms with Crippen molar-refractivity contribution in [3.63, 3.8) is 0 Å². The van der Waals surface area contributed by atoms with Crippen molar-refractivity contribution < 1.29 is 0 Å². The van der Waals surface area contributed by atoms with Gasteiger partial charge < -0.3 is 5.32 Å². The first kappa shape index (κ1) is 8.28. The van der Waals surface area contributed by atoms with Crippen molar-refractivity contribution in [1.82, 2.24) is 5.32 Å². The van der Waals surface area contributed by atoms with Gasteiger partial charge in [0.2, 0.25) is 0 Å². The normalized spacial score (nSPS) is 35.1. The van der Waals surface area contributed by atoms with Gasteiger partial charge in [-0.2, -0.15) is 0 Å². The number of piperidine rings is 1. The van der Waals surface area contributed by atoms with Gasteiger partial charge in [-0.1, -0.05) is 12.8 Å². The van der Waals surface area contributed by atoms with Gasteiger partial charge in [-0.15, -0.1) is 0 Å². The summed E-state index contributed by atoms with van der Waals surface area (Å²) < 4.78 is 0. The Balaban J connectivity index is 1.86. The van der Waals surface area contributed by atoms with Crippen molar-refractivity contribution in [1.29, 1.82) is 0 Å². The minimum absolute atomic E-state index is 0.802. The molecule has 0 aromatic carbocycles. The second-order valence-electron chi connectivity index (χ2n) is 5.52. The molecule has 1 aliphatic heterocycles. The van der Waals surface area contributed by atoms with Crippen molar-refractivity contribution in [3.05, 3.63) is 0 Å². The zero-order chi connectivity index (χ0) is 8.78. The second-order valence-corrected chi connectivity index (χ2v) is 5.52. The maximum atomic E-state index is 3.52. The molecule has 3 aliphatic rings. The lowest BCUT2D eigenvalue weighted by molar-refractivity contribution is -0.0328. The van der Waals surface area contributed by atoms with Crippen molar-refractivity contribution in [3.8, 4) is 0 Å². The van der Waals surface area contributed by atoms with Gasteiger partial charge in [0.15, 0.2) is 0 Å². The van der Waals surface area contributed by atoms with Crippen LogP contribution in [-0.2, 0) is 0 Å². The highest BCUT2D eigenvalue weighted by Crippen LogP contribution is 2.66. The van der Waals surface area contributed by atoms with Crippen LogP contribution < -0.4 is 5.32 Å². The van der Waals surface area contributed by atoms with Crippen molar-refractivity contribution in [2.24, 2.45) is 10.8 Å². The topological polar surface area (TPSA) is 12.0 Å². The fourth-order valence-electron chi connectivity index (χ4n) is 4.37. The molecule has 1 nitrogen and oxygen atoms in total. The molecule has 1 saturated heterocycles. The molecule has 1 heterocycles. The maximum absolute atomic E-state index is 3.52. The van der Waals surface area contributed by atoms with Gasteiger partial charge in [-0.05, 0) is 62.4 Å².